The van der Waals surface area contributed by atoms with Crippen LogP contribution in [0.15, 0.2) is 59.5 Å². The van der Waals surface area contributed by atoms with Gasteiger partial charge in [-0.3, -0.25) is 9.69 Å². The summed E-state index contributed by atoms with van der Waals surface area (Å²) in [6.07, 6.45) is 5.46. The Bertz CT molecular complexity index is 737. The SMILES string of the molecule is CCCC(=O)Cc1ccccc1.CSc1ccc(CC(C)(C)N2CCOCC2)cc1. The molecule has 164 valence electrons. The zero-order valence-corrected chi connectivity index (χ0v) is 19.8. The number of ether oxygens (including phenoxy) is 1. The van der Waals surface area contributed by atoms with Crippen LogP contribution in [-0.4, -0.2) is 48.8 Å². The Balaban J connectivity index is 0.000000232. The Kier molecular flexibility index (Phi) is 10.6. The normalized spacial score (nSPS) is 14.7. The third-order valence-electron chi connectivity index (χ3n) is 5.44. The second-order valence-corrected chi connectivity index (χ2v) is 9.27. The van der Waals surface area contributed by atoms with Crippen LogP contribution in [0.2, 0.25) is 0 Å². The number of Topliss-reactive ketones (excluding diaryl/α,β-unsaturated/α-hetero) is 1. The van der Waals surface area contributed by atoms with Crippen molar-refractivity contribution in [3.8, 4) is 0 Å². The van der Waals surface area contributed by atoms with Gasteiger partial charge >= 0.3 is 0 Å². The Morgan fingerprint density at radius 2 is 1.63 bits per heavy atom. The van der Waals surface area contributed by atoms with Gasteiger partial charge < -0.3 is 4.74 Å². The van der Waals surface area contributed by atoms with Crippen LogP contribution in [-0.2, 0) is 22.4 Å². The van der Waals surface area contributed by atoms with Gasteiger partial charge in [0, 0.05) is 36.4 Å². The van der Waals surface area contributed by atoms with Crippen molar-refractivity contribution in [3.63, 3.8) is 0 Å². The molecule has 0 atom stereocenters. The molecule has 0 spiro atoms. The first-order valence-corrected chi connectivity index (χ1v) is 12.2. The van der Waals surface area contributed by atoms with Crippen molar-refractivity contribution in [1.82, 2.24) is 4.90 Å². The Morgan fingerprint density at radius 3 is 2.20 bits per heavy atom. The van der Waals surface area contributed by atoms with E-state index in [-0.39, 0.29) is 5.54 Å². The average molecular weight is 428 g/mol. The van der Waals surface area contributed by atoms with Crippen LogP contribution in [0.1, 0.15) is 44.7 Å². The van der Waals surface area contributed by atoms with E-state index in [1.54, 1.807) is 11.8 Å². The lowest BCUT2D eigenvalue weighted by Gasteiger charge is -2.41. The van der Waals surface area contributed by atoms with Gasteiger partial charge in [-0.05, 0) is 56.2 Å². The Labute approximate surface area is 187 Å². The van der Waals surface area contributed by atoms with Crippen LogP contribution in [0.5, 0.6) is 0 Å². The summed E-state index contributed by atoms with van der Waals surface area (Å²) < 4.78 is 5.43. The minimum atomic E-state index is 0.213. The minimum absolute atomic E-state index is 0.213. The molecular weight excluding hydrogens is 390 g/mol. The van der Waals surface area contributed by atoms with E-state index in [4.69, 9.17) is 4.74 Å². The Hall–Kier alpha value is -1.62. The fraction of sp³-hybridized carbons (Fsp3) is 0.500. The summed E-state index contributed by atoms with van der Waals surface area (Å²) in [5, 5.41) is 0. The quantitative estimate of drug-likeness (QED) is 0.508. The molecule has 0 bridgehead atoms. The number of nitrogens with zero attached hydrogens (tertiary/aromatic N) is 1. The van der Waals surface area contributed by atoms with Crippen molar-refractivity contribution in [3.05, 3.63) is 65.7 Å². The van der Waals surface area contributed by atoms with Crippen molar-refractivity contribution in [2.45, 2.75) is 56.9 Å². The Morgan fingerprint density at radius 1 is 1.00 bits per heavy atom. The molecule has 4 heteroatoms. The molecule has 2 aromatic rings. The smallest absolute Gasteiger partial charge is 0.137 e. The number of hydrogen-bond donors (Lipinski definition) is 0. The second-order valence-electron chi connectivity index (χ2n) is 8.39. The van der Waals surface area contributed by atoms with Gasteiger partial charge in [-0.25, -0.2) is 0 Å². The summed E-state index contributed by atoms with van der Waals surface area (Å²) in [5.74, 6) is 0.337. The van der Waals surface area contributed by atoms with E-state index in [9.17, 15) is 4.79 Å². The molecule has 1 aliphatic heterocycles. The number of morpholine rings is 1. The van der Waals surface area contributed by atoms with Crippen molar-refractivity contribution in [2.24, 2.45) is 0 Å². The molecule has 30 heavy (non-hydrogen) atoms. The number of carbonyl (C=O) groups is 1. The molecule has 1 fully saturated rings. The van der Waals surface area contributed by atoms with Crippen molar-refractivity contribution in [1.29, 1.82) is 0 Å². The topological polar surface area (TPSA) is 29.5 Å². The molecular formula is C26H37NO2S. The van der Waals surface area contributed by atoms with Crippen molar-refractivity contribution < 1.29 is 9.53 Å². The predicted octanol–water partition coefficient (Wildman–Crippen LogP) is 5.66. The summed E-state index contributed by atoms with van der Waals surface area (Å²) >= 11 is 1.80. The van der Waals surface area contributed by atoms with Gasteiger partial charge in [0.2, 0.25) is 0 Å². The van der Waals surface area contributed by atoms with E-state index < -0.39 is 0 Å². The summed E-state index contributed by atoms with van der Waals surface area (Å²) in [5.41, 5.74) is 2.75. The highest BCUT2D eigenvalue weighted by Gasteiger charge is 2.28. The number of carbonyl (C=O) groups excluding carboxylic acids is 1. The average Bonchev–Trinajstić information content (AvgIpc) is 2.76. The molecule has 3 nitrogen and oxygen atoms in total. The molecule has 3 rings (SSSR count). The number of thioether (sulfide) groups is 1. The molecule has 1 heterocycles. The zero-order valence-electron chi connectivity index (χ0n) is 19.0. The highest BCUT2D eigenvalue weighted by molar-refractivity contribution is 7.98. The fourth-order valence-corrected chi connectivity index (χ4v) is 4.12. The van der Waals surface area contributed by atoms with E-state index in [0.717, 1.165) is 44.7 Å². The molecule has 0 aliphatic carbocycles. The highest BCUT2D eigenvalue weighted by atomic mass is 32.2. The van der Waals surface area contributed by atoms with Crippen LogP contribution in [0.4, 0.5) is 0 Å². The summed E-state index contributed by atoms with van der Waals surface area (Å²) in [4.78, 5) is 15.1. The van der Waals surface area contributed by atoms with Crippen LogP contribution < -0.4 is 0 Å². The van der Waals surface area contributed by atoms with E-state index >= 15 is 0 Å². The van der Waals surface area contributed by atoms with Crippen LogP contribution in [0, 0.1) is 0 Å². The van der Waals surface area contributed by atoms with Gasteiger partial charge in [0.1, 0.15) is 5.78 Å². The minimum Gasteiger partial charge on any atom is -0.379 e. The molecule has 0 N–H and O–H groups in total. The van der Waals surface area contributed by atoms with Gasteiger partial charge in [-0.15, -0.1) is 11.8 Å². The second kappa shape index (κ2) is 12.9. The maximum Gasteiger partial charge on any atom is 0.137 e. The third-order valence-corrected chi connectivity index (χ3v) is 6.18. The van der Waals surface area contributed by atoms with Gasteiger partial charge in [-0.1, -0.05) is 49.4 Å². The zero-order chi connectivity index (χ0) is 21.8. The van der Waals surface area contributed by atoms with Crippen LogP contribution in [0.25, 0.3) is 0 Å². The molecule has 0 saturated carbocycles. The third kappa shape index (κ3) is 8.63. The molecule has 0 amide bonds. The first-order valence-electron chi connectivity index (χ1n) is 11.0. The van der Waals surface area contributed by atoms with Gasteiger partial charge in [0.05, 0.1) is 13.2 Å². The summed E-state index contributed by atoms with van der Waals surface area (Å²) in [6, 6.07) is 18.8. The molecule has 1 saturated heterocycles. The number of rotatable bonds is 8. The maximum absolute atomic E-state index is 11.2. The molecule has 0 unspecified atom stereocenters. The standard InChI is InChI=1S/C15H23NOS.C11H14O/c1-15(2,16-8-10-17-11-9-16)12-13-4-6-14(18-3)7-5-13;1-2-6-11(12)9-10-7-4-3-5-8-10/h4-7H,8-12H2,1-3H3;3-5,7-8H,2,6,9H2,1H3. The molecule has 2 aromatic carbocycles. The van der Waals surface area contributed by atoms with Gasteiger partial charge in [0.25, 0.3) is 0 Å². The summed E-state index contributed by atoms with van der Waals surface area (Å²) in [7, 11) is 0. The van der Waals surface area contributed by atoms with Crippen molar-refractivity contribution in [2.75, 3.05) is 32.6 Å². The fourth-order valence-electron chi connectivity index (χ4n) is 3.71. The van der Waals surface area contributed by atoms with Crippen molar-refractivity contribution >= 4 is 17.5 Å². The van der Waals surface area contributed by atoms with E-state index in [2.05, 4.69) is 49.3 Å². The van der Waals surface area contributed by atoms with Gasteiger partial charge in [0.15, 0.2) is 0 Å². The lowest BCUT2D eigenvalue weighted by atomic mass is 9.92. The molecule has 0 aromatic heterocycles. The molecule has 0 radical (unpaired) electrons. The first kappa shape index (κ1) is 24.6. The van der Waals surface area contributed by atoms with E-state index in [1.165, 1.54) is 10.5 Å². The number of hydrogen-bond acceptors (Lipinski definition) is 4. The monoisotopic (exact) mass is 427 g/mol. The maximum atomic E-state index is 11.2. The lowest BCUT2D eigenvalue weighted by Crippen LogP contribution is -2.51. The van der Waals surface area contributed by atoms with Gasteiger partial charge in [-0.2, -0.15) is 0 Å². The van der Waals surface area contributed by atoms with E-state index in [1.807, 2.05) is 37.3 Å². The molecule has 1 aliphatic rings. The number of benzene rings is 2. The predicted molar refractivity (Wildman–Crippen MR) is 128 cm³/mol. The highest BCUT2D eigenvalue weighted by Crippen LogP contribution is 2.23. The van der Waals surface area contributed by atoms with Crippen LogP contribution in [0.3, 0.4) is 0 Å². The van der Waals surface area contributed by atoms with E-state index in [0.29, 0.717) is 18.6 Å². The number of ketones is 1. The van der Waals surface area contributed by atoms with Crippen LogP contribution >= 0.6 is 11.8 Å². The first-order chi connectivity index (χ1) is 14.4. The largest absolute Gasteiger partial charge is 0.379 e. The lowest BCUT2D eigenvalue weighted by molar-refractivity contribution is -0.118. The summed E-state index contributed by atoms with van der Waals surface area (Å²) in [6.45, 7) is 10.5.